The SMILES string of the molecule is COC(=O)Cc1ccccc1CN1CCCCC1C#N. The summed E-state index contributed by atoms with van der Waals surface area (Å²) in [6, 6.07) is 10.3. The lowest BCUT2D eigenvalue weighted by Crippen LogP contribution is -2.38. The predicted octanol–water partition coefficient (Wildman–Crippen LogP) is 2.28. The number of hydrogen-bond donors (Lipinski definition) is 0. The summed E-state index contributed by atoms with van der Waals surface area (Å²) in [6.45, 7) is 1.68. The third-order valence-corrected chi connectivity index (χ3v) is 3.82. The van der Waals surface area contributed by atoms with Crippen molar-refractivity contribution in [2.24, 2.45) is 0 Å². The van der Waals surface area contributed by atoms with Crippen LogP contribution in [0.15, 0.2) is 24.3 Å². The molecule has 0 saturated carbocycles. The van der Waals surface area contributed by atoms with Crippen LogP contribution in [0.3, 0.4) is 0 Å². The number of benzene rings is 1. The van der Waals surface area contributed by atoms with Crippen LogP contribution >= 0.6 is 0 Å². The molecule has 1 heterocycles. The molecule has 0 N–H and O–H groups in total. The van der Waals surface area contributed by atoms with E-state index in [1.807, 2.05) is 24.3 Å². The highest BCUT2D eigenvalue weighted by molar-refractivity contribution is 5.72. The molecule has 4 nitrogen and oxygen atoms in total. The molecular formula is C16H20N2O2. The molecule has 0 radical (unpaired) electrons. The minimum absolute atomic E-state index is 0.00469. The van der Waals surface area contributed by atoms with Crippen LogP contribution in [0.4, 0.5) is 0 Å². The zero-order valence-corrected chi connectivity index (χ0v) is 11.8. The van der Waals surface area contributed by atoms with Crippen LogP contribution < -0.4 is 0 Å². The first kappa shape index (κ1) is 14.5. The molecule has 1 saturated heterocycles. The molecule has 1 aromatic carbocycles. The first-order valence-corrected chi connectivity index (χ1v) is 7.02. The molecule has 20 heavy (non-hydrogen) atoms. The zero-order chi connectivity index (χ0) is 14.4. The van der Waals surface area contributed by atoms with Crippen molar-refractivity contribution < 1.29 is 9.53 Å². The van der Waals surface area contributed by atoms with Gasteiger partial charge in [-0.05, 0) is 36.9 Å². The largest absolute Gasteiger partial charge is 0.469 e. The molecular weight excluding hydrogens is 252 g/mol. The molecule has 4 heteroatoms. The van der Waals surface area contributed by atoms with Crippen LogP contribution in [0, 0.1) is 11.3 Å². The summed E-state index contributed by atoms with van der Waals surface area (Å²) in [4.78, 5) is 13.7. The van der Waals surface area contributed by atoms with Crippen molar-refractivity contribution in [2.75, 3.05) is 13.7 Å². The number of carbonyl (C=O) groups excluding carboxylic acids is 1. The van der Waals surface area contributed by atoms with Gasteiger partial charge < -0.3 is 4.74 Å². The molecule has 1 aromatic rings. The highest BCUT2D eigenvalue weighted by atomic mass is 16.5. The van der Waals surface area contributed by atoms with Gasteiger partial charge in [0.2, 0.25) is 0 Å². The molecule has 1 aliphatic heterocycles. The van der Waals surface area contributed by atoms with E-state index in [1.165, 1.54) is 7.11 Å². The summed E-state index contributed by atoms with van der Waals surface area (Å²) in [5.74, 6) is -0.229. The first-order chi connectivity index (χ1) is 9.74. The smallest absolute Gasteiger partial charge is 0.309 e. The van der Waals surface area contributed by atoms with Gasteiger partial charge in [-0.3, -0.25) is 9.69 Å². The van der Waals surface area contributed by atoms with Crippen LogP contribution in [-0.2, 0) is 22.5 Å². The van der Waals surface area contributed by atoms with Gasteiger partial charge in [0.25, 0.3) is 0 Å². The number of hydrogen-bond acceptors (Lipinski definition) is 4. The Morgan fingerprint density at radius 3 is 2.85 bits per heavy atom. The molecule has 0 amide bonds. The van der Waals surface area contributed by atoms with E-state index in [-0.39, 0.29) is 18.4 Å². The van der Waals surface area contributed by atoms with Gasteiger partial charge in [0.1, 0.15) is 0 Å². The number of carbonyl (C=O) groups is 1. The van der Waals surface area contributed by atoms with Crippen molar-refractivity contribution in [3.8, 4) is 6.07 Å². The molecule has 0 aliphatic carbocycles. The quantitative estimate of drug-likeness (QED) is 0.789. The molecule has 1 atom stereocenters. The highest BCUT2D eigenvalue weighted by Crippen LogP contribution is 2.21. The van der Waals surface area contributed by atoms with Crippen molar-refractivity contribution in [3.63, 3.8) is 0 Å². The van der Waals surface area contributed by atoms with Gasteiger partial charge in [-0.2, -0.15) is 5.26 Å². The fourth-order valence-corrected chi connectivity index (χ4v) is 2.66. The number of ether oxygens (including phenoxy) is 1. The lowest BCUT2D eigenvalue weighted by molar-refractivity contribution is -0.139. The Kier molecular flexibility index (Phi) is 5.14. The topological polar surface area (TPSA) is 53.3 Å². The predicted molar refractivity (Wildman–Crippen MR) is 75.8 cm³/mol. The summed E-state index contributed by atoms with van der Waals surface area (Å²) >= 11 is 0. The van der Waals surface area contributed by atoms with Crippen LogP contribution in [-0.4, -0.2) is 30.6 Å². The minimum atomic E-state index is -0.229. The van der Waals surface area contributed by atoms with Crippen LogP contribution in [0.1, 0.15) is 30.4 Å². The number of esters is 1. The maximum Gasteiger partial charge on any atom is 0.309 e. The summed E-state index contributed by atoms with van der Waals surface area (Å²) < 4.78 is 4.74. The van der Waals surface area contributed by atoms with Crippen molar-refractivity contribution in [1.82, 2.24) is 4.90 Å². The van der Waals surface area contributed by atoms with Crippen molar-refractivity contribution >= 4 is 5.97 Å². The van der Waals surface area contributed by atoms with Gasteiger partial charge in [0.15, 0.2) is 0 Å². The Bertz CT molecular complexity index is 507. The van der Waals surface area contributed by atoms with E-state index in [4.69, 9.17) is 4.74 Å². The number of piperidine rings is 1. The molecule has 1 fully saturated rings. The van der Waals surface area contributed by atoms with E-state index in [2.05, 4.69) is 11.0 Å². The average Bonchev–Trinajstić information content (AvgIpc) is 2.49. The third kappa shape index (κ3) is 3.58. The Balaban J connectivity index is 2.12. The van der Waals surface area contributed by atoms with Gasteiger partial charge >= 0.3 is 5.97 Å². The van der Waals surface area contributed by atoms with E-state index in [0.717, 1.165) is 43.5 Å². The molecule has 0 bridgehead atoms. The summed E-state index contributed by atoms with van der Waals surface area (Å²) in [5.41, 5.74) is 2.10. The zero-order valence-electron chi connectivity index (χ0n) is 11.8. The minimum Gasteiger partial charge on any atom is -0.469 e. The summed E-state index contributed by atoms with van der Waals surface area (Å²) in [6.07, 6.45) is 3.49. The monoisotopic (exact) mass is 272 g/mol. The van der Waals surface area contributed by atoms with Crippen molar-refractivity contribution in [1.29, 1.82) is 5.26 Å². The van der Waals surface area contributed by atoms with E-state index in [1.54, 1.807) is 0 Å². The Hall–Kier alpha value is -1.86. The maximum atomic E-state index is 11.5. The highest BCUT2D eigenvalue weighted by Gasteiger charge is 2.22. The van der Waals surface area contributed by atoms with Gasteiger partial charge in [-0.15, -0.1) is 0 Å². The molecule has 0 spiro atoms. The molecule has 1 unspecified atom stereocenters. The molecule has 106 valence electrons. The molecule has 0 aromatic heterocycles. The average molecular weight is 272 g/mol. The van der Waals surface area contributed by atoms with Gasteiger partial charge in [-0.1, -0.05) is 24.3 Å². The van der Waals surface area contributed by atoms with Crippen LogP contribution in [0.25, 0.3) is 0 Å². The summed E-state index contributed by atoms with van der Waals surface area (Å²) in [5, 5.41) is 9.23. The molecule has 2 rings (SSSR count). The van der Waals surface area contributed by atoms with E-state index in [9.17, 15) is 10.1 Å². The number of nitriles is 1. The van der Waals surface area contributed by atoms with Crippen molar-refractivity contribution in [3.05, 3.63) is 35.4 Å². The van der Waals surface area contributed by atoms with E-state index in [0.29, 0.717) is 0 Å². The summed E-state index contributed by atoms with van der Waals surface area (Å²) in [7, 11) is 1.40. The Morgan fingerprint density at radius 2 is 2.15 bits per heavy atom. The Morgan fingerprint density at radius 1 is 1.40 bits per heavy atom. The number of rotatable bonds is 4. The van der Waals surface area contributed by atoms with E-state index < -0.39 is 0 Å². The third-order valence-electron chi connectivity index (χ3n) is 3.82. The van der Waals surface area contributed by atoms with Crippen LogP contribution in [0.2, 0.25) is 0 Å². The second kappa shape index (κ2) is 7.06. The maximum absolute atomic E-state index is 11.5. The number of likely N-dealkylation sites (tertiary alicyclic amines) is 1. The lowest BCUT2D eigenvalue weighted by atomic mass is 9.99. The number of methoxy groups -OCH3 is 1. The Labute approximate surface area is 120 Å². The van der Waals surface area contributed by atoms with Crippen LogP contribution in [0.5, 0.6) is 0 Å². The molecule has 1 aliphatic rings. The second-order valence-electron chi connectivity index (χ2n) is 5.13. The second-order valence-corrected chi connectivity index (χ2v) is 5.13. The fraction of sp³-hybridized carbons (Fsp3) is 0.500. The lowest BCUT2D eigenvalue weighted by Gasteiger charge is -2.31. The van der Waals surface area contributed by atoms with E-state index >= 15 is 0 Å². The van der Waals surface area contributed by atoms with Gasteiger partial charge in [0, 0.05) is 6.54 Å². The van der Waals surface area contributed by atoms with Crippen molar-refractivity contribution in [2.45, 2.75) is 38.3 Å². The standard InChI is InChI=1S/C16H20N2O2/c1-20-16(19)10-13-6-2-3-7-14(13)12-18-9-5-4-8-15(18)11-17/h2-3,6-7,15H,4-5,8-10,12H2,1H3. The van der Waals surface area contributed by atoms with Gasteiger partial charge in [0.05, 0.1) is 25.6 Å². The van der Waals surface area contributed by atoms with Gasteiger partial charge in [-0.25, -0.2) is 0 Å². The fourth-order valence-electron chi connectivity index (χ4n) is 2.66. The first-order valence-electron chi connectivity index (χ1n) is 7.02. The number of nitrogens with zero attached hydrogens (tertiary/aromatic N) is 2. The normalized spacial score (nSPS) is 19.3.